The first-order valence-corrected chi connectivity index (χ1v) is 4.70. The van der Waals surface area contributed by atoms with E-state index in [1.54, 1.807) is 6.07 Å². The van der Waals surface area contributed by atoms with Crippen LogP contribution in [0.3, 0.4) is 0 Å². The molecule has 7 nitrogen and oxygen atoms in total. The van der Waals surface area contributed by atoms with Crippen molar-refractivity contribution in [1.29, 1.82) is 5.26 Å². The number of hydrogen-bond donors (Lipinski definition) is 1. The van der Waals surface area contributed by atoms with Crippen molar-refractivity contribution in [3.8, 4) is 6.07 Å². The molecule has 0 aliphatic carbocycles. The van der Waals surface area contributed by atoms with E-state index in [-0.39, 0.29) is 16.6 Å². The summed E-state index contributed by atoms with van der Waals surface area (Å²) in [6, 6.07) is 1.70. The Morgan fingerprint density at radius 1 is 1.24 bits per heavy atom. The third-order valence-corrected chi connectivity index (χ3v) is 2.61. The lowest BCUT2D eigenvalue weighted by molar-refractivity contribution is 0.709. The van der Waals surface area contributed by atoms with Gasteiger partial charge < -0.3 is 4.98 Å². The molecule has 2 rings (SSSR count). The molecule has 2 aromatic rings. The summed E-state index contributed by atoms with van der Waals surface area (Å²) in [6.07, 6.45) is 1.16. The molecule has 0 bridgehead atoms. The summed E-state index contributed by atoms with van der Waals surface area (Å²) in [6.45, 7) is 0. The number of hydrogen-bond acceptors (Lipinski definition) is 4. The number of aromatic nitrogens is 3. The molecular formula is C10H8N4O3. The van der Waals surface area contributed by atoms with Crippen LogP contribution < -0.4 is 16.7 Å². The molecule has 0 fully saturated rings. The normalized spacial score (nSPS) is 10.4. The monoisotopic (exact) mass is 232 g/mol. The zero-order valence-corrected chi connectivity index (χ0v) is 9.14. The van der Waals surface area contributed by atoms with Gasteiger partial charge in [-0.25, -0.2) is 4.79 Å². The van der Waals surface area contributed by atoms with E-state index in [0.717, 1.165) is 15.3 Å². The summed E-state index contributed by atoms with van der Waals surface area (Å²) in [7, 11) is 2.70. The van der Waals surface area contributed by atoms with Crippen molar-refractivity contribution in [2.75, 3.05) is 0 Å². The van der Waals surface area contributed by atoms with Crippen LogP contribution in [0.5, 0.6) is 0 Å². The highest BCUT2D eigenvalue weighted by atomic mass is 16.2. The molecule has 0 unspecified atom stereocenters. The summed E-state index contributed by atoms with van der Waals surface area (Å²) in [5, 5.41) is 8.72. The zero-order valence-electron chi connectivity index (χ0n) is 9.14. The zero-order chi connectivity index (χ0) is 12.7. The fourth-order valence-electron chi connectivity index (χ4n) is 1.66. The minimum absolute atomic E-state index is 0.0126. The molecule has 0 atom stereocenters. The van der Waals surface area contributed by atoms with E-state index in [9.17, 15) is 14.4 Å². The molecule has 86 valence electrons. The van der Waals surface area contributed by atoms with Crippen LogP contribution in [0.15, 0.2) is 20.6 Å². The number of aromatic amines is 1. The average molecular weight is 232 g/mol. The van der Waals surface area contributed by atoms with E-state index in [0.29, 0.717) is 0 Å². The lowest BCUT2D eigenvalue weighted by Crippen LogP contribution is -2.39. The van der Waals surface area contributed by atoms with Crippen LogP contribution in [0, 0.1) is 11.3 Å². The van der Waals surface area contributed by atoms with Gasteiger partial charge in [-0.15, -0.1) is 0 Å². The maximum absolute atomic E-state index is 11.8. The molecule has 1 N–H and O–H groups in total. The van der Waals surface area contributed by atoms with Crippen molar-refractivity contribution in [3.05, 3.63) is 42.8 Å². The van der Waals surface area contributed by atoms with E-state index in [1.807, 2.05) is 0 Å². The molecule has 0 amide bonds. The Morgan fingerprint density at radius 3 is 2.47 bits per heavy atom. The highest BCUT2D eigenvalue weighted by molar-refractivity contribution is 5.74. The Bertz CT molecular complexity index is 832. The number of pyridine rings is 1. The molecule has 2 aromatic heterocycles. The Morgan fingerprint density at radius 2 is 1.88 bits per heavy atom. The van der Waals surface area contributed by atoms with E-state index in [1.165, 1.54) is 14.1 Å². The molecule has 0 aliphatic rings. The molecule has 17 heavy (non-hydrogen) atoms. The fraction of sp³-hybridized carbons (Fsp3) is 0.200. The maximum Gasteiger partial charge on any atom is 0.331 e. The first-order valence-electron chi connectivity index (χ1n) is 4.70. The topological polar surface area (TPSA) is 101 Å². The third kappa shape index (κ3) is 1.31. The smallest absolute Gasteiger partial charge is 0.331 e. The van der Waals surface area contributed by atoms with E-state index < -0.39 is 16.7 Å². The number of nitriles is 1. The average Bonchev–Trinajstić information content (AvgIpc) is 2.33. The number of H-pyrrole nitrogens is 1. The molecule has 0 saturated heterocycles. The summed E-state index contributed by atoms with van der Waals surface area (Å²) >= 11 is 0. The Labute approximate surface area is 94.2 Å². The van der Waals surface area contributed by atoms with Crippen molar-refractivity contribution in [3.63, 3.8) is 0 Å². The summed E-state index contributed by atoms with van der Waals surface area (Å²) in [5.74, 6) is 0. The number of rotatable bonds is 0. The number of aryl methyl sites for hydroxylation is 1. The minimum Gasteiger partial charge on any atom is -0.354 e. The second kappa shape index (κ2) is 3.45. The Balaban J connectivity index is 3.27. The van der Waals surface area contributed by atoms with Crippen LogP contribution in [0.1, 0.15) is 5.56 Å². The van der Waals surface area contributed by atoms with Crippen LogP contribution in [-0.4, -0.2) is 14.1 Å². The maximum atomic E-state index is 11.8. The second-order valence-corrected chi connectivity index (χ2v) is 3.57. The molecule has 0 saturated carbocycles. The Hall–Kier alpha value is -2.62. The number of nitrogens with zero attached hydrogens (tertiary/aromatic N) is 3. The van der Waals surface area contributed by atoms with Gasteiger partial charge in [0, 0.05) is 20.3 Å². The predicted molar refractivity (Wildman–Crippen MR) is 59.8 cm³/mol. The van der Waals surface area contributed by atoms with Gasteiger partial charge in [-0.2, -0.15) is 5.26 Å². The number of nitrogens with one attached hydrogen (secondary N) is 1. The van der Waals surface area contributed by atoms with Crippen molar-refractivity contribution in [2.45, 2.75) is 0 Å². The second-order valence-electron chi connectivity index (χ2n) is 3.57. The predicted octanol–water partition coefficient (Wildman–Crippen LogP) is -1.20. The lowest BCUT2D eigenvalue weighted by atomic mass is 10.2. The van der Waals surface area contributed by atoms with Crippen LogP contribution in [0.2, 0.25) is 0 Å². The fourth-order valence-corrected chi connectivity index (χ4v) is 1.66. The molecule has 0 radical (unpaired) electrons. The first kappa shape index (κ1) is 10.9. The van der Waals surface area contributed by atoms with Gasteiger partial charge in [0.25, 0.3) is 5.56 Å². The number of fused-ring (bicyclic) bond motifs is 1. The highest BCUT2D eigenvalue weighted by Gasteiger charge is 2.13. The highest BCUT2D eigenvalue weighted by Crippen LogP contribution is 1.99. The molecule has 0 aromatic carbocycles. The first-order chi connectivity index (χ1) is 7.99. The Kier molecular flexibility index (Phi) is 2.21. The van der Waals surface area contributed by atoms with Gasteiger partial charge in [0.2, 0.25) is 5.43 Å². The molecule has 2 heterocycles. The molecule has 0 spiro atoms. The summed E-state index contributed by atoms with van der Waals surface area (Å²) in [4.78, 5) is 37.8. The van der Waals surface area contributed by atoms with Crippen LogP contribution in [0.25, 0.3) is 11.0 Å². The molecule has 0 aliphatic heterocycles. The molecular weight excluding hydrogens is 224 g/mol. The van der Waals surface area contributed by atoms with Gasteiger partial charge in [-0.05, 0) is 0 Å². The van der Waals surface area contributed by atoms with Crippen LogP contribution in [0.4, 0.5) is 0 Å². The van der Waals surface area contributed by atoms with Crippen molar-refractivity contribution >= 4 is 11.0 Å². The molecule has 7 heteroatoms. The SMILES string of the molecule is Cn1c(=O)c2[nH]cc(C#N)c(=O)c2n(C)c1=O. The minimum atomic E-state index is -0.626. The van der Waals surface area contributed by atoms with Crippen molar-refractivity contribution in [1.82, 2.24) is 14.1 Å². The lowest BCUT2D eigenvalue weighted by Gasteiger charge is -2.06. The largest absolute Gasteiger partial charge is 0.354 e. The van der Waals surface area contributed by atoms with Gasteiger partial charge in [-0.3, -0.25) is 18.7 Å². The quantitative estimate of drug-likeness (QED) is 0.616. The van der Waals surface area contributed by atoms with Gasteiger partial charge in [0.05, 0.1) is 0 Å². The van der Waals surface area contributed by atoms with Crippen molar-refractivity contribution < 1.29 is 0 Å². The van der Waals surface area contributed by atoms with Gasteiger partial charge in [0.1, 0.15) is 22.7 Å². The standard InChI is InChI=1S/C10H8N4O3/c1-13-7-6(9(16)14(2)10(13)17)12-4-5(3-11)8(7)15/h4H,1-2H3,(H,12,15). The van der Waals surface area contributed by atoms with E-state index >= 15 is 0 Å². The summed E-state index contributed by atoms with van der Waals surface area (Å²) < 4.78 is 1.95. The van der Waals surface area contributed by atoms with Crippen LogP contribution in [-0.2, 0) is 14.1 Å². The van der Waals surface area contributed by atoms with Crippen molar-refractivity contribution in [2.24, 2.45) is 14.1 Å². The van der Waals surface area contributed by atoms with Crippen LogP contribution >= 0.6 is 0 Å². The van der Waals surface area contributed by atoms with Gasteiger partial charge in [-0.1, -0.05) is 0 Å². The third-order valence-electron chi connectivity index (χ3n) is 2.61. The van der Waals surface area contributed by atoms with Gasteiger partial charge >= 0.3 is 5.69 Å². The van der Waals surface area contributed by atoms with E-state index in [2.05, 4.69) is 4.98 Å². The van der Waals surface area contributed by atoms with E-state index in [4.69, 9.17) is 5.26 Å². The summed E-state index contributed by atoms with van der Waals surface area (Å²) in [5.41, 5.74) is -2.04. The van der Waals surface area contributed by atoms with Gasteiger partial charge in [0.15, 0.2) is 0 Å².